The van der Waals surface area contributed by atoms with E-state index in [1.54, 1.807) is 11.3 Å². The summed E-state index contributed by atoms with van der Waals surface area (Å²) in [5.74, 6) is 0.588. The molecule has 0 bridgehead atoms. The van der Waals surface area contributed by atoms with Crippen molar-refractivity contribution in [1.29, 1.82) is 0 Å². The molecule has 0 unspecified atom stereocenters. The molecule has 0 radical (unpaired) electrons. The van der Waals surface area contributed by atoms with Crippen LogP contribution in [0.1, 0.15) is 32.8 Å². The van der Waals surface area contributed by atoms with Crippen molar-refractivity contribution < 1.29 is 14.3 Å². The van der Waals surface area contributed by atoms with Crippen molar-refractivity contribution in [3.05, 3.63) is 47.3 Å². The van der Waals surface area contributed by atoms with Crippen LogP contribution in [0.4, 0.5) is 0 Å². The quantitative estimate of drug-likeness (QED) is 0.766. The molecule has 2 amide bonds. The summed E-state index contributed by atoms with van der Waals surface area (Å²) in [4.78, 5) is 29.2. The van der Waals surface area contributed by atoms with Gasteiger partial charge in [-0.05, 0) is 48.8 Å². The molecule has 2 fully saturated rings. The fraction of sp³-hybridized carbons (Fsp3) is 0.500. The van der Waals surface area contributed by atoms with Gasteiger partial charge in [-0.15, -0.1) is 11.3 Å². The molecule has 6 heteroatoms. The highest BCUT2D eigenvalue weighted by Gasteiger charge is 2.48. The van der Waals surface area contributed by atoms with E-state index in [4.69, 9.17) is 4.74 Å². The number of carbonyl (C=O) groups is 2. The Kier molecular flexibility index (Phi) is 5.98. The number of benzene rings is 1. The van der Waals surface area contributed by atoms with E-state index in [0.29, 0.717) is 32.0 Å². The Morgan fingerprint density at radius 1 is 1.27 bits per heavy atom. The number of rotatable bonds is 6. The lowest BCUT2D eigenvalue weighted by atomic mass is 9.90. The van der Waals surface area contributed by atoms with Crippen LogP contribution in [0.15, 0.2) is 41.8 Å². The first kappa shape index (κ1) is 21.1. The molecule has 1 aliphatic carbocycles. The van der Waals surface area contributed by atoms with Gasteiger partial charge in [0.15, 0.2) is 5.60 Å². The van der Waals surface area contributed by atoms with E-state index < -0.39 is 5.60 Å². The number of nitrogens with zero attached hydrogens (tertiary/aromatic N) is 1. The second-order valence-electron chi connectivity index (χ2n) is 8.90. The molecule has 2 aromatic rings. The third-order valence-corrected chi connectivity index (χ3v) is 6.93. The van der Waals surface area contributed by atoms with E-state index in [2.05, 4.69) is 48.0 Å². The average molecular weight is 427 g/mol. The van der Waals surface area contributed by atoms with E-state index in [1.165, 1.54) is 10.4 Å². The van der Waals surface area contributed by atoms with E-state index in [1.807, 2.05) is 24.8 Å². The Bertz CT molecular complexity index is 894. The highest BCUT2D eigenvalue weighted by molar-refractivity contribution is 7.13. The third-order valence-electron chi connectivity index (χ3n) is 6.01. The summed E-state index contributed by atoms with van der Waals surface area (Å²) in [7, 11) is 0. The summed E-state index contributed by atoms with van der Waals surface area (Å²) in [6, 6.07) is 12.5. The normalized spacial score (nSPS) is 25.9. The maximum absolute atomic E-state index is 13.2. The SMILES string of the molecule is CC(C)NC(=O)[C@]1(Cc2ccc(-c3cccs3)cc2)CN(C(=O)[C@@H]2C[C@H]2C)CCO1. The zero-order valence-corrected chi connectivity index (χ0v) is 18.7. The van der Waals surface area contributed by atoms with Gasteiger partial charge in [-0.3, -0.25) is 9.59 Å². The van der Waals surface area contributed by atoms with Crippen LogP contribution in [0.2, 0.25) is 0 Å². The molecule has 1 aromatic carbocycles. The van der Waals surface area contributed by atoms with Crippen molar-refractivity contribution in [1.82, 2.24) is 10.2 Å². The minimum absolute atomic E-state index is 0.00807. The number of amides is 2. The number of nitrogens with one attached hydrogen (secondary N) is 1. The number of hydrogen-bond acceptors (Lipinski definition) is 4. The Hall–Kier alpha value is -2.18. The molecule has 1 N–H and O–H groups in total. The maximum Gasteiger partial charge on any atom is 0.254 e. The molecule has 1 aliphatic heterocycles. The molecule has 0 spiro atoms. The highest BCUT2D eigenvalue weighted by Crippen LogP contribution is 2.40. The van der Waals surface area contributed by atoms with Crippen molar-refractivity contribution >= 4 is 23.2 Å². The van der Waals surface area contributed by atoms with Crippen LogP contribution < -0.4 is 5.32 Å². The minimum atomic E-state index is -1.05. The summed E-state index contributed by atoms with van der Waals surface area (Å²) < 4.78 is 6.14. The van der Waals surface area contributed by atoms with E-state index in [-0.39, 0.29) is 23.8 Å². The molecule has 2 heterocycles. The van der Waals surface area contributed by atoms with Crippen molar-refractivity contribution in [2.24, 2.45) is 11.8 Å². The summed E-state index contributed by atoms with van der Waals surface area (Å²) in [6.45, 7) is 7.23. The van der Waals surface area contributed by atoms with Crippen LogP contribution in [0.3, 0.4) is 0 Å². The van der Waals surface area contributed by atoms with Crippen molar-refractivity contribution in [2.45, 2.75) is 45.3 Å². The average Bonchev–Trinajstić information content (AvgIpc) is 3.21. The fourth-order valence-corrected chi connectivity index (χ4v) is 4.88. The van der Waals surface area contributed by atoms with Crippen LogP contribution in [-0.2, 0) is 20.7 Å². The van der Waals surface area contributed by atoms with Gasteiger partial charge in [0.1, 0.15) is 0 Å². The summed E-state index contributed by atoms with van der Waals surface area (Å²) in [5.41, 5.74) is 1.14. The zero-order chi connectivity index (χ0) is 21.3. The number of morpholine rings is 1. The number of carbonyl (C=O) groups excluding carboxylic acids is 2. The predicted octanol–water partition coefficient (Wildman–Crippen LogP) is 3.74. The second kappa shape index (κ2) is 8.52. The Labute approximate surface area is 182 Å². The van der Waals surface area contributed by atoms with Gasteiger partial charge in [0, 0.05) is 29.8 Å². The standard InChI is InChI=1S/C24H30N2O3S/c1-16(2)25-23(28)24(15-26(10-11-29-24)22(27)20-13-17(20)3)14-18-6-8-19(9-7-18)21-5-4-12-30-21/h4-9,12,16-17,20H,10-11,13-15H2,1-3H3,(H,25,28)/t17-,20-,24+/m1/s1. The lowest BCUT2D eigenvalue weighted by molar-refractivity contribution is -0.167. The molecule has 2 aliphatic rings. The minimum Gasteiger partial charge on any atom is -0.361 e. The van der Waals surface area contributed by atoms with Gasteiger partial charge in [0.05, 0.1) is 13.2 Å². The smallest absolute Gasteiger partial charge is 0.254 e. The van der Waals surface area contributed by atoms with E-state index in [9.17, 15) is 9.59 Å². The Morgan fingerprint density at radius 3 is 2.60 bits per heavy atom. The molecular formula is C24H30N2O3S. The first-order valence-electron chi connectivity index (χ1n) is 10.7. The number of ether oxygens (including phenoxy) is 1. The summed E-state index contributed by atoms with van der Waals surface area (Å²) in [6.07, 6.45) is 1.39. The topological polar surface area (TPSA) is 58.6 Å². The molecule has 1 aromatic heterocycles. The van der Waals surface area contributed by atoms with Crippen LogP contribution >= 0.6 is 11.3 Å². The molecule has 30 heavy (non-hydrogen) atoms. The number of hydrogen-bond donors (Lipinski definition) is 1. The second-order valence-corrected chi connectivity index (χ2v) is 9.85. The number of thiophene rings is 1. The van der Waals surface area contributed by atoms with Crippen molar-refractivity contribution in [2.75, 3.05) is 19.7 Å². The van der Waals surface area contributed by atoms with Crippen LogP contribution in [0, 0.1) is 11.8 Å². The van der Waals surface area contributed by atoms with Gasteiger partial charge < -0.3 is 15.0 Å². The van der Waals surface area contributed by atoms with E-state index >= 15 is 0 Å². The Balaban J connectivity index is 1.56. The van der Waals surface area contributed by atoms with Gasteiger partial charge >= 0.3 is 0 Å². The van der Waals surface area contributed by atoms with Gasteiger partial charge in [-0.2, -0.15) is 0 Å². The molecule has 4 rings (SSSR count). The molecule has 1 saturated carbocycles. The highest BCUT2D eigenvalue weighted by atomic mass is 32.1. The summed E-state index contributed by atoms with van der Waals surface area (Å²) in [5, 5.41) is 5.09. The molecule has 1 saturated heterocycles. The largest absolute Gasteiger partial charge is 0.361 e. The van der Waals surface area contributed by atoms with Crippen LogP contribution in [0.5, 0.6) is 0 Å². The van der Waals surface area contributed by atoms with Crippen LogP contribution in [-0.4, -0.2) is 48.1 Å². The molecule has 5 nitrogen and oxygen atoms in total. The van der Waals surface area contributed by atoms with E-state index in [0.717, 1.165) is 12.0 Å². The maximum atomic E-state index is 13.2. The molecular weight excluding hydrogens is 396 g/mol. The first-order valence-corrected chi connectivity index (χ1v) is 11.6. The van der Waals surface area contributed by atoms with Gasteiger partial charge in [-0.1, -0.05) is 37.3 Å². The molecule has 3 atom stereocenters. The summed E-state index contributed by atoms with van der Waals surface area (Å²) >= 11 is 1.71. The van der Waals surface area contributed by atoms with Crippen molar-refractivity contribution in [3.8, 4) is 10.4 Å². The van der Waals surface area contributed by atoms with Gasteiger partial charge in [0.25, 0.3) is 5.91 Å². The zero-order valence-electron chi connectivity index (χ0n) is 17.9. The Morgan fingerprint density at radius 2 is 2.00 bits per heavy atom. The lowest BCUT2D eigenvalue weighted by Gasteiger charge is -2.42. The van der Waals surface area contributed by atoms with Crippen molar-refractivity contribution in [3.63, 3.8) is 0 Å². The lowest BCUT2D eigenvalue weighted by Crippen LogP contribution is -2.63. The molecule has 160 valence electrons. The predicted molar refractivity (Wildman–Crippen MR) is 119 cm³/mol. The first-order chi connectivity index (χ1) is 14.4. The monoisotopic (exact) mass is 426 g/mol. The van der Waals surface area contributed by atoms with Gasteiger partial charge in [-0.25, -0.2) is 0 Å². The fourth-order valence-electron chi connectivity index (χ4n) is 4.15. The third kappa shape index (κ3) is 4.44. The van der Waals surface area contributed by atoms with Crippen LogP contribution in [0.25, 0.3) is 10.4 Å². The van der Waals surface area contributed by atoms with Gasteiger partial charge in [0.2, 0.25) is 5.91 Å².